The van der Waals surface area contributed by atoms with Gasteiger partial charge in [0.1, 0.15) is 0 Å². The van der Waals surface area contributed by atoms with Gasteiger partial charge in [-0.3, -0.25) is 4.79 Å². The molecule has 0 bridgehead atoms. The van der Waals surface area contributed by atoms with Crippen LogP contribution < -0.4 is 5.32 Å². The van der Waals surface area contributed by atoms with Crippen molar-refractivity contribution in [2.45, 2.75) is 51.8 Å². The molecule has 0 spiro atoms. The van der Waals surface area contributed by atoms with Crippen molar-refractivity contribution in [3.8, 4) is 0 Å². The number of thioether (sulfide) groups is 1. The predicted molar refractivity (Wildman–Crippen MR) is 84.5 cm³/mol. The van der Waals surface area contributed by atoms with E-state index in [0.29, 0.717) is 6.42 Å². The van der Waals surface area contributed by atoms with E-state index in [2.05, 4.69) is 36.5 Å². The Morgan fingerprint density at radius 1 is 1.16 bits per heavy atom. The Labute approximate surface area is 121 Å². The Bertz CT molecular complexity index is 392. The Morgan fingerprint density at radius 2 is 1.74 bits per heavy atom. The summed E-state index contributed by atoms with van der Waals surface area (Å²) in [4.78, 5) is 11.6. The maximum Gasteiger partial charge on any atom is 0.221 e. The molecule has 3 heteroatoms. The molecule has 0 aliphatic carbocycles. The second-order valence-corrected chi connectivity index (χ2v) is 6.88. The summed E-state index contributed by atoms with van der Waals surface area (Å²) in [5.41, 5.74) is 2.58. The fraction of sp³-hybridized carbons (Fsp3) is 0.562. The summed E-state index contributed by atoms with van der Waals surface area (Å²) in [6.45, 7) is 8.19. The number of hydrogen-bond donors (Lipinski definition) is 1. The predicted octanol–water partition coefficient (Wildman–Crippen LogP) is 3.79. The number of benzene rings is 1. The summed E-state index contributed by atoms with van der Waals surface area (Å²) < 4.78 is 0. The van der Waals surface area contributed by atoms with Gasteiger partial charge in [-0.05, 0) is 38.3 Å². The van der Waals surface area contributed by atoms with Crippen LogP contribution in [0.15, 0.2) is 24.3 Å². The Hall–Kier alpha value is -0.960. The third-order valence-electron chi connectivity index (χ3n) is 2.69. The molecule has 1 aromatic carbocycles. The fourth-order valence-corrected chi connectivity index (χ4v) is 2.61. The standard InChI is InChI=1S/C16H25NOS/c1-5-13-6-8-14(9-7-13)12-19-11-10-15(18)17-16(2,3)4/h6-9H,5,10-12H2,1-4H3,(H,17,18). The second kappa shape index (κ2) is 7.59. The van der Waals surface area contributed by atoms with E-state index in [1.165, 1.54) is 11.1 Å². The molecule has 106 valence electrons. The van der Waals surface area contributed by atoms with Crippen molar-refractivity contribution in [1.29, 1.82) is 0 Å². The van der Waals surface area contributed by atoms with E-state index in [1.807, 2.05) is 32.5 Å². The van der Waals surface area contributed by atoms with Gasteiger partial charge in [-0.25, -0.2) is 0 Å². The first kappa shape index (κ1) is 16.1. The quantitative estimate of drug-likeness (QED) is 0.803. The number of carbonyl (C=O) groups is 1. The monoisotopic (exact) mass is 279 g/mol. The molecule has 1 aromatic rings. The number of rotatable bonds is 6. The highest BCUT2D eigenvalue weighted by Gasteiger charge is 2.12. The normalized spacial score (nSPS) is 11.4. The van der Waals surface area contributed by atoms with Crippen molar-refractivity contribution in [1.82, 2.24) is 5.32 Å². The first-order valence-electron chi connectivity index (χ1n) is 6.87. The number of aryl methyl sites for hydroxylation is 1. The highest BCUT2D eigenvalue weighted by molar-refractivity contribution is 7.98. The zero-order valence-corrected chi connectivity index (χ0v) is 13.3. The van der Waals surface area contributed by atoms with Gasteiger partial charge in [-0.1, -0.05) is 31.2 Å². The lowest BCUT2D eigenvalue weighted by Crippen LogP contribution is -2.40. The second-order valence-electron chi connectivity index (χ2n) is 5.77. The smallest absolute Gasteiger partial charge is 0.221 e. The van der Waals surface area contributed by atoms with Crippen LogP contribution in [0.1, 0.15) is 45.2 Å². The van der Waals surface area contributed by atoms with Gasteiger partial charge in [0.2, 0.25) is 5.91 Å². The van der Waals surface area contributed by atoms with Gasteiger partial charge >= 0.3 is 0 Å². The van der Waals surface area contributed by atoms with Crippen LogP contribution in [-0.2, 0) is 17.0 Å². The van der Waals surface area contributed by atoms with Crippen LogP contribution in [0.2, 0.25) is 0 Å². The molecule has 0 atom stereocenters. The molecule has 0 saturated carbocycles. The van der Waals surface area contributed by atoms with E-state index >= 15 is 0 Å². The molecule has 0 heterocycles. The van der Waals surface area contributed by atoms with Crippen LogP contribution >= 0.6 is 11.8 Å². The van der Waals surface area contributed by atoms with Crippen molar-refractivity contribution < 1.29 is 4.79 Å². The Kier molecular flexibility index (Phi) is 6.43. The van der Waals surface area contributed by atoms with E-state index in [1.54, 1.807) is 0 Å². The van der Waals surface area contributed by atoms with Crippen molar-refractivity contribution in [2.75, 3.05) is 5.75 Å². The molecule has 1 rings (SSSR count). The summed E-state index contributed by atoms with van der Waals surface area (Å²) in [7, 11) is 0. The Balaban J connectivity index is 2.21. The minimum Gasteiger partial charge on any atom is -0.351 e. The SMILES string of the molecule is CCc1ccc(CSCCC(=O)NC(C)(C)C)cc1. The lowest BCUT2D eigenvalue weighted by atomic mass is 10.1. The lowest BCUT2D eigenvalue weighted by molar-refractivity contribution is -0.122. The van der Waals surface area contributed by atoms with Crippen LogP contribution in [0.3, 0.4) is 0 Å². The van der Waals surface area contributed by atoms with E-state index in [-0.39, 0.29) is 11.4 Å². The molecule has 0 fully saturated rings. The highest BCUT2D eigenvalue weighted by Crippen LogP contribution is 2.14. The number of amides is 1. The first-order valence-corrected chi connectivity index (χ1v) is 8.03. The van der Waals surface area contributed by atoms with E-state index in [0.717, 1.165) is 17.9 Å². The van der Waals surface area contributed by atoms with Crippen LogP contribution in [0.5, 0.6) is 0 Å². The van der Waals surface area contributed by atoms with Crippen LogP contribution in [0.4, 0.5) is 0 Å². The van der Waals surface area contributed by atoms with Gasteiger partial charge in [-0.15, -0.1) is 0 Å². The van der Waals surface area contributed by atoms with Gasteiger partial charge in [0.05, 0.1) is 0 Å². The molecule has 0 aliphatic rings. The van der Waals surface area contributed by atoms with Crippen LogP contribution in [0, 0.1) is 0 Å². The maximum absolute atomic E-state index is 11.6. The van der Waals surface area contributed by atoms with Crippen molar-refractivity contribution in [3.05, 3.63) is 35.4 Å². The highest BCUT2D eigenvalue weighted by atomic mass is 32.2. The number of carbonyl (C=O) groups excluding carboxylic acids is 1. The number of nitrogens with one attached hydrogen (secondary N) is 1. The summed E-state index contributed by atoms with van der Waals surface area (Å²) >= 11 is 1.81. The number of hydrogen-bond acceptors (Lipinski definition) is 2. The van der Waals surface area contributed by atoms with Gasteiger partial charge in [-0.2, -0.15) is 11.8 Å². The van der Waals surface area contributed by atoms with E-state index in [4.69, 9.17) is 0 Å². The summed E-state index contributed by atoms with van der Waals surface area (Å²) in [5.74, 6) is 1.99. The van der Waals surface area contributed by atoms with Gasteiger partial charge in [0.25, 0.3) is 0 Å². The molecule has 1 N–H and O–H groups in total. The summed E-state index contributed by atoms with van der Waals surface area (Å²) in [5, 5.41) is 2.98. The van der Waals surface area contributed by atoms with Gasteiger partial charge < -0.3 is 5.32 Å². The molecule has 2 nitrogen and oxygen atoms in total. The van der Waals surface area contributed by atoms with Crippen molar-refractivity contribution in [2.24, 2.45) is 0 Å². The molecular weight excluding hydrogens is 254 g/mol. The van der Waals surface area contributed by atoms with E-state index in [9.17, 15) is 4.79 Å². The molecule has 1 amide bonds. The van der Waals surface area contributed by atoms with Crippen LogP contribution in [0.25, 0.3) is 0 Å². The van der Waals surface area contributed by atoms with Crippen molar-refractivity contribution >= 4 is 17.7 Å². The third kappa shape index (κ3) is 7.26. The molecule has 0 radical (unpaired) electrons. The zero-order valence-electron chi connectivity index (χ0n) is 12.5. The summed E-state index contributed by atoms with van der Waals surface area (Å²) in [6, 6.07) is 8.73. The minimum absolute atomic E-state index is 0.127. The minimum atomic E-state index is -0.127. The molecular formula is C16H25NOS. The van der Waals surface area contributed by atoms with Crippen molar-refractivity contribution in [3.63, 3.8) is 0 Å². The zero-order chi connectivity index (χ0) is 14.3. The van der Waals surface area contributed by atoms with E-state index < -0.39 is 0 Å². The summed E-state index contributed by atoms with van der Waals surface area (Å²) in [6.07, 6.45) is 1.68. The molecule has 0 aromatic heterocycles. The van der Waals surface area contributed by atoms with Crippen LogP contribution in [-0.4, -0.2) is 17.2 Å². The molecule has 0 unspecified atom stereocenters. The Morgan fingerprint density at radius 3 is 2.26 bits per heavy atom. The van der Waals surface area contributed by atoms with Gasteiger partial charge in [0, 0.05) is 23.5 Å². The third-order valence-corrected chi connectivity index (χ3v) is 3.72. The molecule has 0 saturated heterocycles. The fourth-order valence-electron chi connectivity index (χ4n) is 1.71. The topological polar surface area (TPSA) is 29.1 Å². The maximum atomic E-state index is 11.6. The molecule has 0 aliphatic heterocycles. The molecule has 19 heavy (non-hydrogen) atoms. The van der Waals surface area contributed by atoms with Gasteiger partial charge in [0.15, 0.2) is 0 Å². The average molecular weight is 279 g/mol. The average Bonchev–Trinajstić information content (AvgIpc) is 2.33. The first-order chi connectivity index (χ1) is 8.90. The largest absolute Gasteiger partial charge is 0.351 e. The lowest BCUT2D eigenvalue weighted by Gasteiger charge is -2.20.